The highest BCUT2D eigenvalue weighted by Gasteiger charge is 2.27. The summed E-state index contributed by atoms with van der Waals surface area (Å²) in [6.07, 6.45) is 29.5. The molecular formula is C44H34N6S+2. The zero-order chi connectivity index (χ0) is 34.5. The number of hydrogen-bond acceptors (Lipinski definition) is 5. The summed E-state index contributed by atoms with van der Waals surface area (Å²) in [7, 11) is 6.11. The second kappa shape index (κ2) is 12.5. The SMILES string of the molecule is CN1C=CC(=C2C3=NC(=C(c4cc[n+](C)cc4)C4=NC(=C(c5cc[n+](C)cc5)c5ccc(s5)C(c5ccccc5)=C5C=CC2=N5)C=C4)C=C3)C=C1. The quantitative estimate of drug-likeness (QED) is 0.206. The smallest absolute Gasteiger partial charge is 0.169 e. The third kappa shape index (κ3) is 5.67. The van der Waals surface area contributed by atoms with Crippen molar-refractivity contribution in [1.82, 2.24) is 4.90 Å². The summed E-state index contributed by atoms with van der Waals surface area (Å²) < 4.78 is 4.10. The Kier molecular flexibility index (Phi) is 7.55. The van der Waals surface area contributed by atoms with Gasteiger partial charge in [0.15, 0.2) is 24.8 Å². The van der Waals surface area contributed by atoms with Crippen LogP contribution in [0.15, 0.2) is 196 Å². The van der Waals surface area contributed by atoms with Gasteiger partial charge in [-0.15, -0.1) is 11.3 Å². The van der Waals surface area contributed by atoms with E-state index in [0.717, 1.165) is 88.5 Å². The molecule has 8 heterocycles. The molecule has 0 radical (unpaired) electrons. The first-order chi connectivity index (χ1) is 25.0. The molecule has 4 aromatic rings. The molecule has 8 bridgehead atoms. The van der Waals surface area contributed by atoms with Crippen molar-refractivity contribution in [3.8, 4) is 0 Å². The van der Waals surface area contributed by atoms with E-state index < -0.39 is 0 Å². The Balaban J connectivity index is 1.36. The maximum absolute atomic E-state index is 5.39. The Hall–Kier alpha value is -6.31. The number of rotatable bonds is 3. The Morgan fingerprint density at radius 3 is 1.41 bits per heavy atom. The van der Waals surface area contributed by atoms with Gasteiger partial charge in [-0.3, -0.25) is 0 Å². The largest absolute Gasteiger partial charge is 0.357 e. The van der Waals surface area contributed by atoms with Crippen molar-refractivity contribution < 1.29 is 9.13 Å². The fourth-order valence-electron chi connectivity index (χ4n) is 6.82. The molecule has 0 unspecified atom stereocenters. The number of fused-ring (bicyclic) bond motifs is 5. The lowest BCUT2D eigenvalue weighted by Gasteiger charge is -2.16. The van der Waals surface area contributed by atoms with Gasteiger partial charge in [0.25, 0.3) is 0 Å². The fraction of sp³-hybridized carbons (Fsp3) is 0.0682. The minimum atomic E-state index is 0.865. The normalized spacial score (nSPS) is 17.7. The van der Waals surface area contributed by atoms with Gasteiger partial charge in [-0.1, -0.05) is 30.3 Å². The molecule has 0 saturated heterocycles. The molecular weight excluding hydrogens is 645 g/mol. The highest BCUT2D eigenvalue weighted by molar-refractivity contribution is 7.14. The Bertz CT molecular complexity index is 2490. The summed E-state index contributed by atoms with van der Waals surface area (Å²) in [4.78, 5) is 20.5. The summed E-state index contributed by atoms with van der Waals surface area (Å²) in [5.74, 6) is 0. The van der Waals surface area contributed by atoms with E-state index in [2.05, 4.69) is 157 Å². The van der Waals surface area contributed by atoms with Crippen molar-refractivity contribution in [2.45, 2.75) is 0 Å². The molecule has 3 aromatic heterocycles. The van der Waals surface area contributed by atoms with E-state index >= 15 is 0 Å². The van der Waals surface area contributed by atoms with Crippen molar-refractivity contribution in [2.75, 3.05) is 7.05 Å². The van der Waals surface area contributed by atoms with Crippen molar-refractivity contribution in [3.05, 3.63) is 207 Å². The molecule has 5 aliphatic heterocycles. The third-order valence-corrected chi connectivity index (χ3v) is 10.5. The average Bonchev–Trinajstić information content (AvgIpc) is 3.99. The van der Waals surface area contributed by atoms with Gasteiger partial charge >= 0.3 is 0 Å². The van der Waals surface area contributed by atoms with Crippen molar-refractivity contribution >= 4 is 45.2 Å². The van der Waals surface area contributed by atoms with Crippen molar-refractivity contribution in [2.24, 2.45) is 29.1 Å². The molecule has 6 nitrogen and oxygen atoms in total. The first-order valence-corrected chi connectivity index (χ1v) is 17.7. The number of aliphatic imine (C=N–C) groups is 3. The van der Waals surface area contributed by atoms with E-state index in [9.17, 15) is 0 Å². The molecule has 1 aromatic carbocycles. The Morgan fingerprint density at radius 1 is 0.471 bits per heavy atom. The van der Waals surface area contributed by atoms with Crippen LogP contribution in [0.4, 0.5) is 0 Å². The van der Waals surface area contributed by atoms with Crippen LogP contribution in [0.1, 0.15) is 26.4 Å². The molecule has 0 atom stereocenters. The monoisotopic (exact) mass is 678 g/mol. The van der Waals surface area contributed by atoms with Crippen LogP contribution in [0.2, 0.25) is 0 Å². The standard InChI is InChI=1S/C44H34N6S/c1-48-23-17-30(18-24-48)41-33-9-10-34(45-33)42(31-19-25-49(2)26-20-31)36-12-14-38(47-36)44(32-21-27-50(3)28-22-32)40-16-15-39(51-40)43(29-7-5-4-6-8-29)37-13-11-35(41)46-37/h4-28H,1-3H3/q+2. The second-order valence-electron chi connectivity index (χ2n) is 12.9. The topological polar surface area (TPSA) is 48.1 Å². The lowest BCUT2D eigenvalue weighted by Crippen LogP contribution is -2.26. The molecule has 0 amide bonds. The highest BCUT2D eigenvalue weighted by Crippen LogP contribution is 2.41. The maximum Gasteiger partial charge on any atom is 0.169 e. The number of aromatic nitrogens is 2. The number of aryl methyl sites for hydroxylation is 2. The van der Waals surface area contributed by atoms with E-state index in [1.165, 1.54) is 0 Å². The van der Waals surface area contributed by atoms with Crippen LogP contribution in [0.5, 0.6) is 0 Å². The third-order valence-electron chi connectivity index (χ3n) is 9.42. The average molecular weight is 679 g/mol. The summed E-state index contributed by atoms with van der Waals surface area (Å²) in [6.45, 7) is 0. The van der Waals surface area contributed by atoms with Gasteiger partial charge < -0.3 is 4.90 Å². The fourth-order valence-corrected chi connectivity index (χ4v) is 7.98. The van der Waals surface area contributed by atoms with E-state index in [0.29, 0.717) is 0 Å². The predicted molar refractivity (Wildman–Crippen MR) is 208 cm³/mol. The Labute approximate surface area is 301 Å². The lowest BCUT2D eigenvalue weighted by molar-refractivity contribution is -0.671. The molecule has 9 rings (SSSR count). The van der Waals surface area contributed by atoms with Crippen LogP contribution in [0, 0.1) is 0 Å². The summed E-state index contributed by atoms with van der Waals surface area (Å²) in [5.41, 5.74) is 13.9. The number of nitrogens with zero attached hydrogens (tertiary/aromatic N) is 6. The van der Waals surface area contributed by atoms with Gasteiger partial charge in [0, 0.05) is 75.8 Å². The summed E-state index contributed by atoms with van der Waals surface area (Å²) in [6, 6.07) is 23.7. The lowest BCUT2D eigenvalue weighted by atomic mass is 9.97. The molecule has 51 heavy (non-hydrogen) atoms. The van der Waals surface area contributed by atoms with Crippen molar-refractivity contribution in [3.63, 3.8) is 0 Å². The minimum absolute atomic E-state index is 0.865. The minimum Gasteiger partial charge on any atom is -0.357 e. The number of thiophene rings is 1. The van der Waals surface area contributed by atoms with Gasteiger partial charge in [-0.25, -0.2) is 24.1 Å². The number of allylic oxidation sites excluding steroid dienone is 11. The van der Waals surface area contributed by atoms with E-state index in [1.807, 2.05) is 30.6 Å². The highest BCUT2D eigenvalue weighted by atomic mass is 32.1. The molecule has 7 heteroatoms. The van der Waals surface area contributed by atoms with Crippen LogP contribution in [0.3, 0.4) is 0 Å². The summed E-state index contributed by atoms with van der Waals surface area (Å²) in [5, 5.41) is 0. The zero-order valence-electron chi connectivity index (χ0n) is 28.5. The molecule has 0 saturated carbocycles. The van der Waals surface area contributed by atoms with Crippen LogP contribution in [-0.2, 0) is 14.1 Å². The zero-order valence-corrected chi connectivity index (χ0v) is 29.3. The van der Waals surface area contributed by atoms with E-state index in [4.69, 9.17) is 15.0 Å². The number of benzene rings is 1. The summed E-state index contributed by atoms with van der Waals surface area (Å²) >= 11 is 1.78. The molecule has 244 valence electrons. The van der Waals surface area contributed by atoms with Crippen LogP contribution < -0.4 is 9.13 Å². The van der Waals surface area contributed by atoms with Crippen LogP contribution >= 0.6 is 11.3 Å². The maximum atomic E-state index is 5.39. The van der Waals surface area contributed by atoms with Gasteiger partial charge in [0.05, 0.1) is 34.2 Å². The first-order valence-electron chi connectivity index (χ1n) is 16.9. The molecule has 5 aliphatic rings. The molecule has 0 aliphatic carbocycles. The second-order valence-corrected chi connectivity index (χ2v) is 14.0. The molecule has 0 N–H and O–H groups in total. The number of hydrogen-bond donors (Lipinski definition) is 0. The van der Waals surface area contributed by atoms with Gasteiger partial charge in [-0.2, -0.15) is 0 Å². The van der Waals surface area contributed by atoms with Gasteiger partial charge in [0.2, 0.25) is 0 Å². The predicted octanol–water partition coefficient (Wildman–Crippen LogP) is 7.64. The van der Waals surface area contributed by atoms with Gasteiger partial charge in [0.1, 0.15) is 14.1 Å². The van der Waals surface area contributed by atoms with E-state index in [1.54, 1.807) is 11.3 Å². The molecule has 0 fully saturated rings. The van der Waals surface area contributed by atoms with E-state index in [-0.39, 0.29) is 0 Å². The Morgan fingerprint density at radius 2 is 0.902 bits per heavy atom. The molecule has 0 spiro atoms. The first kappa shape index (κ1) is 30.7. The van der Waals surface area contributed by atoms with Crippen LogP contribution in [0.25, 0.3) is 16.7 Å². The number of pyridine rings is 2. The van der Waals surface area contributed by atoms with Crippen LogP contribution in [-0.4, -0.2) is 29.1 Å². The van der Waals surface area contributed by atoms with Crippen molar-refractivity contribution in [1.29, 1.82) is 0 Å². The van der Waals surface area contributed by atoms with Gasteiger partial charge in [-0.05, 0) is 83.0 Å².